The largest absolute Gasteiger partial charge is 0.416 e. The standard InChI is InChI=1S/C16H23F3N2/c1-2-12-4-3-8-21(9-7-12)15-6-5-14(16(17,18)19)10-13(15)11-20/h5-6,10,12H,2-4,7-9,11,20H2,1H3. The molecule has 1 atom stereocenters. The van der Waals surface area contributed by atoms with Gasteiger partial charge >= 0.3 is 6.18 Å². The highest BCUT2D eigenvalue weighted by atomic mass is 19.4. The van der Waals surface area contributed by atoms with E-state index in [4.69, 9.17) is 5.73 Å². The van der Waals surface area contributed by atoms with E-state index in [0.29, 0.717) is 5.56 Å². The van der Waals surface area contributed by atoms with Gasteiger partial charge in [-0.15, -0.1) is 0 Å². The van der Waals surface area contributed by atoms with Crippen LogP contribution in [-0.4, -0.2) is 13.1 Å². The van der Waals surface area contributed by atoms with Gasteiger partial charge in [-0.2, -0.15) is 13.2 Å². The molecule has 0 amide bonds. The third-order valence-corrected chi connectivity index (χ3v) is 4.39. The Bertz CT molecular complexity index is 471. The number of benzene rings is 1. The Morgan fingerprint density at radius 2 is 2.00 bits per heavy atom. The predicted molar refractivity (Wildman–Crippen MR) is 79.2 cm³/mol. The molecule has 2 nitrogen and oxygen atoms in total. The van der Waals surface area contributed by atoms with Gasteiger partial charge in [0.1, 0.15) is 0 Å². The lowest BCUT2D eigenvalue weighted by atomic mass is 9.98. The first-order chi connectivity index (χ1) is 9.95. The molecular formula is C16H23F3N2. The molecule has 5 heteroatoms. The molecule has 0 aromatic heterocycles. The lowest BCUT2D eigenvalue weighted by Gasteiger charge is -2.26. The summed E-state index contributed by atoms with van der Waals surface area (Å²) in [5, 5.41) is 0. The Labute approximate surface area is 124 Å². The fourth-order valence-corrected chi connectivity index (χ4v) is 3.05. The predicted octanol–water partition coefficient (Wildman–Crippen LogP) is 4.18. The minimum Gasteiger partial charge on any atom is -0.371 e. The van der Waals surface area contributed by atoms with Gasteiger partial charge < -0.3 is 10.6 Å². The highest BCUT2D eigenvalue weighted by Crippen LogP contribution is 2.34. The zero-order chi connectivity index (χ0) is 15.5. The number of halogens is 3. The van der Waals surface area contributed by atoms with Crippen molar-refractivity contribution in [2.75, 3.05) is 18.0 Å². The molecule has 21 heavy (non-hydrogen) atoms. The van der Waals surface area contributed by atoms with Crippen molar-refractivity contribution in [3.8, 4) is 0 Å². The monoisotopic (exact) mass is 300 g/mol. The van der Waals surface area contributed by atoms with Crippen LogP contribution >= 0.6 is 0 Å². The van der Waals surface area contributed by atoms with Crippen molar-refractivity contribution >= 4 is 5.69 Å². The van der Waals surface area contributed by atoms with E-state index in [0.717, 1.165) is 43.6 Å². The number of hydrogen-bond donors (Lipinski definition) is 1. The maximum Gasteiger partial charge on any atom is 0.416 e. The van der Waals surface area contributed by atoms with Crippen LogP contribution in [0.4, 0.5) is 18.9 Å². The molecule has 1 unspecified atom stereocenters. The smallest absolute Gasteiger partial charge is 0.371 e. The summed E-state index contributed by atoms with van der Waals surface area (Å²) in [6, 6.07) is 3.94. The van der Waals surface area contributed by atoms with Crippen LogP contribution in [-0.2, 0) is 12.7 Å². The van der Waals surface area contributed by atoms with E-state index in [-0.39, 0.29) is 6.54 Å². The summed E-state index contributed by atoms with van der Waals surface area (Å²) < 4.78 is 38.4. The van der Waals surface area contributed by atoms with Crippen LogP contribution in [0.15, 0.2) is 18.2 Å². The number of anilines is 1. The van der Waals surface area contributed by atoms with Gasteiger partial charge in [-0.05, 0) is 48.9 Å². The van der Waals surface area contributed by atoms with E-state index in [2.05, 4.69) is 11.8 Å². The number of alkyl halides is 3. The van der Waals surface area contributed by atoms with Crippen LogP contribution in [0.3, 0.4) is 0 Å². The SMILES string of the molecule is CCC1CCCN(c2ccc(C(F)(F)F)cc2CN)CC1. The lowest BCUT2D eigenvalue weighted by molar-refractivity contribution is -0.137. The summed E-state index contributed by atoms with van der Waals surface area (Å²) in [6.07, 6.45) is 0.246. The van der Waals surface area contributed by atoms with Gasteiger partial charge in [-0.25, -0.2) is 0 Å². The summed E-state index contributed by atoms with van der Waals surface area (Å²) in [4.78, 5) is 2.19. The molecule has 0 radical (unpaired) electrons. The van der Waals surface area contributed by atoms with Crippen LogP contribution in [0.5, 0.6) is 0 Å². The molecule has 1 saturated heterocycles. The molecule has 0 spiro atoms. The maximum atomic E-state index is 12.8. The second kappa shape index (κ2) is 6.69. The van der Waals surface area contributed by atoms with Crippen molar-refractivity contribution in [2.24, 2.45) is 11.7 Å². The van der Waals surface area contributed by atoms with E-state index in [1.807, 2.05) is 0 Å². The van der Waals surface area contributed by atoms with Crippen LogP contribution in [0.25, 0.3) is 0 Å². The van der Waals surface area contributed by atoms with E-state index >= 15 is 0 Å². The van der Waals surface area contributed by atoms with Crippen molar-refractivity contribution in [1.29, 1.82) is 0 Å². The van der Waals surface area contributed by atoms with E-state index in [1.54, 1.807) is 6.07 Å². The molecule has 1 aromatic carbocycles. The molecule has 0 aliphatic carbocycles. The molecule has 0 saturated carbocycles. The van der Waals surface area contributed by atoms with Gasteiger partial charge in [0.05, 0.1) is 5.56 Å². The van der Waals surface area contributed by atoms with Crippen LogP contribution in [0, 0.1) is 5.92 Å². The van der Waals surface area contributed by atoms with E-state index in [9.17, 15) is 13.2 Å². The average Bonchev–Trinajstić information content (AvgIpc) is 2.70. The highest BCUT2D eigenvalue weighted by Gasteiger charge is 2.31. The summed E-state index contributed by atoms with van der Waals surface area (Å²) in [5.41, 5.74) is 6.50. The minimum atomic E-state index is -4.31. The van der Waals surface area contributed by atoms with Crippen molar-refractivity contribution < 1.29 is 13.2 Å². The summed E-state index contributed by atoms with van der Waals surface area (Å²) in [7, 11) is 0. The van der Waals surface area contributed by atoms with Crippen molar-refractivity contribution in [1.82, 2.24) is 0 Å². The molecule has 1 aliphatic heterocycles. The van der Waals surface area contributed by atoms with Crippen molar-refractivity contribution in [3.05, 3.63) is 29.3 Å². The number of nitrogens with two attached hydrogens (primary N) is 1. The Morgan fingerprint density at radius 1 is 1.24 bits per heavy atom. The van der Waals surface area contributed by atoms with Gasteiger partial charge in [-0.3, -0.25) is 0 Å². The van der Waals surface area contributed by atoms with Gasteiger partial charge in [-0.1, -0.05) is 13.3 Å². The van der Waals surface area contributed by atoms with Crippen molar-refractivity contribution in [2.45, 2.75) is 45.3 Å². The lowest BCUT2D eigenvalue weighted by Crippen LogP contribution is -2.26. The van der Waals surface area contributed by atoms with Gasteiger partial charge in [0, 0.05) is 25.3 Å². The third-order valence-electron chi connectivity index (χ3n) is 4.39. The normalized spacial score (nSPS) is 20.4. The number of hydrogen-bond acceptors (Lipinski definition) is 2. The first-order valence-electron chi connectivity index (χ1n) is 7.60. The maximum absolute atomic E-state index is 12.8. The van der Waals surface area contributed by atoms with E-state index in [1.165, 1.54) is 18.9 Å². The molecular weight excluding hydrogens is 277 g/mol. The zero-order valence-corrected chi connectivity index (χ0v) is 12.4. The quantitative estimate of drug-likeness (QED) is 0.907. The average molecular weight is 300 g/mol. The highest BCUT2D eigenvalue weighted by molar-refractivity contribution is 5.55. The Hall–Kier alpha value is -1.23. The van der Waals surface area contributed by atoms with Crippen LogP contribution in [0.2, 0.25) is 0 Å². The minimum absolute atomic E-state index is 0.132. The second-order valence-corrected chi connectivity index (χ2v) is 5.74. The Kier molecular flexibility index (Phi) is 5.14. The molecule has 118 valence electrons. The Morgan fingerprint density at radius 3 is 2.62 bits per heavy atom. The molecule has 2 N–H and O–H groups in total. The molecule has 1 aliphatic rings. The molecule has 1 fully saturated rings. The van der Waals surface area contributed by atoms with Gasteiger partial charge in [0.25, 0.3) is 0 Å². The van der Waals surface area contributed by atoms with Crippen molar-refractivity contribution in [3.63, 3.8) is 0 Å². The fraction of sp³-hybridized carbons (Fsp3) is 0.625. The second-order valence-electron chi connectivity index (χ2n) is 5.74. The molecule has 1 aromatic rings. The molecule has 1 heterocycles. The molecule has 2 rings (SSSR count). The Balaban J connectivity index is 2.23. The van der Waals surface area contributed by atoms with Gasteiger partial charge in [0.15, 0.2) is 0 Å². The van der Waals surface area contributed by atoms with E-state index < -0.39 is 11.7 Å². The first-order valence-corrected chi connectivity index (χ1v) is 7.60. The number of nitrogens with zero attached hydrogens (tertiary/aromatic N) is 1. The first kappa shape index (κ1) is 16.1. The third kappa shape index (κ3) is 3.90. The topological polar surface area (TPSA) is 29.3 Å². The van der Waals surface area contributed by atoms with Crippen LogP contribution in [0.1, 0.15) is 43.7 Å². The van der Waals surface area contributed by atoms with Crippen LogP contribution < -0.4 is 10.6 Å². The zero-order valence-electron chi connectivity index (χ0n) is 12.4. The van der Waals surface area contributed by atoms with Gasteiger partial charge in [0.2, 0.25) is 0 Å². The fourth-order valence-electron chi connectivity index (χ4n) is 3.05. The number of rotatable bonds is 3. The molecule has 0 bridgehead atoms. The summed E-state index contributed by atoms with van der Waals surface area (Å²) in [5.74, 6) is 0.728. The summed E-state index contributed by atoms with van der Waals surface area (Å²) in [6.45, 7) is 4.13. The summed E-state index contributed by atoms with van der Waals surface area (Å²) >= 11 is 0.